The monoisotopic (exact) mass is 515 g/mol. The Morgan fingerprint density at radius 3 is 2.03 bits per heavy atom. The minimum absolute atomic E-state index is 0.00468. The summed E-state index contributed by atoms with van der Waals surface area (Å²) in [4.78, 5) is 26.6. The molecular weight excluding hydrogens is 486 g/mol. The largest absolute Gasteiger partial charge is 0.497 e. The fourth-order valence-corrected chi connectivity index (χ4v) is 5.63. The quantitative estimate of drug-likeness (QED) is 0.264. The molecule has 2 aliphatic rings. The molecule has 5 nitrogen and oxygen atoms in total. The number of ether oxygens (including phenoxy) is 2. The zero-order valence-corrected chi connectivity index (χ0v) is 21.7. The van der Waals surface area contributed by atoms with E-state index in [1.165, 1.54) is 22.3 Å². The van der Waals surface area contributed by atoms with E-state index in [2.05, 4.69) is 36.4 Å². The van der Waals surface area contributed by atoms with Crippen LogP contribution in [0.4, 0.5) is 4.79 Å². The minimum atomic E-state index is -0.387. The average Bonchev–Trinajstić information content (AvgIpc) is 3.55. The van der Waals surface area contributed by atoms with Gasteiger partial charge in [0.25, 0.3) is 0 Å². The summed E-state index contributed by atoms with van der Waals surface area (Å²) in [5, 5.41) is 0. The molecule has 1 aliphatic heterocycles. The number of aldehydes is 1. The van der Waals surface area contributed by atoms with Crippen molar-refractivity contribution in [1.29, 1.82) is 0 Å². The standard InChI is InChI=1S/C34H29NO4/c1-38-28-16-14-25(15-17-28)24-12-10-23(11-13-24)18-26-19-35(20-27(26)21-36)34(37)39-22-33-31-8-4-2-6-29(31)30-7-3-5-9-32(30)33/h2-18,21,27,33H,19-20,22H2,1H3. The number of likely N-dealkylation sites (tertiary alicyclic amines) is 1. The molecule has 0 N–H and O–H groups in total. The van der Waals surface area contributed by atoms with E-state index >= 15 is 0 Å². The van der Waals surface area contributed by atoms with Crippen molar-refractivity contribution in [3.05, 3.63) is 119 Å². The summed E-state index contributed by atoms with van der Waals surface area (Å²) in [6.07, 6.45) is 2.55. The van der Waals surface area contributed by atoms with Gasteiger partial charge in [0.15, 0.2) is 0 Å². The molecule has 1 fully saturated rings. The van der Waals surface area contributed by atoms with Crippen LogP contribution in [-0.2, 0) is 9.53 Å². The highest BCUT2D eigenvalue weighted by atomic mass is 16.6. The Hall–Kier alpha value is -4.64. The molecule has 0 bridgehead atoms. The van der Waals surface area contributed by atoms with Crippen molar-refractivity contribution in [2.24, 2.45) is 5.92 Å². The number of carbonyl (C=O) groups is 2. The van der Waals surface area contributed by atoms with Crippen molar-refractivity contribution in [3.8, 4) is 28.0 Å². The van der Waals surface area contributed by atoms with E-state index < -0.39 is 0 Å². The Kier molecular flexibility index (Phi) is 6.72. The summed E-state index contributed by atoms with van der Waals surface area (Å²) < 4.78 is 11.1. The highest BCUT2D eigenvalue weighted by Crippen LogP contribution is 2.44. The van der Waals surface area contributed by atoms with E-state index in [4.69, 9.17) is 9.47 Å². The summed E-state index contributed by atoms with van der Waals surface area (Å²) in [5.41, 5.74) is 8.84. The Bertz CT molecular complexity index is 1490. The lowest BCUT2D eigenvalue weighted by atomic mass is 9.98. The van der Waals surface area contributed by atoms with Gasteiger partial charge in [-0.2, -0.15) is 0 Å². The fourth-order valence-electron chi connectivity index (χ4n) is 5.63. The third kappa shape index (κ3) is 4.84. The third-order valence-electron chi connectivity index (χ3n) is 7.71. The molecule has 1 amide bonds. The number of rotatable bonds is 6. The lowest BCUT2D eigenvalue weighted by Gasteiger charge is -2.19. The van der Waals surface area contributed by atoms with Crippen LogP contribution in [0.15, 0.2) is 103 Å². The maximum Gasteiger partial charge on any atom is 0.410 e. The number of hydrogen-bond acceptors (Lipinski definition) is 4. The van der Waals surface area contributed by atoms with Gasteiger partial charge >= 0.3 is 6.09 Å². The molecule has 1 saturated heterocycles. The lowest BCUT2D eigenvalue weighted by Crippen LogP contribution is -2.30. The van der Waals surface area contributed by atoms with Gasteiger partial charge in [0.1, 0.15) is 18.6 Å². The van der Waals surface area contributed by atoms with Crippen molar-refractivity contribution in [1.82, 2.24) is 4.90 Å². The molecule has 4 aromatic rings. The summed E-state index contributed by atoms with van der Waals surface area (Å²) in [6, 6.07) is 32.7. The zero-order chi connectivity index (χ0) is 26.8. The molecule has 6 rings (SSSR count). The van der Waals surface area contributed by atoms with Gasteiger partial charge in [-0.1, -0.05) is 91.0 Å². The van der Waals surface area contributed by atoms with E-state index in [0.717, 1.165) is 34.3 Å². The lowest BCUT2D eigenvalue weighted by molar-refractivity contribution is -0.109. The third-order valence-corrected chi connectivity index (χ3v) is 7.71. The van der Waals surface area contributed by atoms with Crippen LogP contribution < -0.4 is 4.74 Å². The highest BCUT2D eigenvalue weighted by Gasteiger charge is 2.33. The van der Waals surface area contributed by atoms with Gasteiger partial charge in [0.05, 0.1) is 13.0 Å². The predicted octanol–water partition coefficient (Wildman–Crippen LogP) is 6.83. The predicted molar refractivity (Wildman–Crippen MR) is 153 cm³/mol. The SMILES string of the molecule is COc1ccc(-c2ccc(C=C3CN(C(=O)OCC4c5ccccc5-c5ccccc54)CC3C=O)cc2)cc1. The van der Waals surface area contributed by atoms with Crippen LogP contribution in [-0.4, -0.2) is 44.1 Å². The van der Waals surface area contributed by atoms with Crippen LogP contribution in [0.25, 0.3) is 28.3 Å². The van der Waals surface area contributed by atoms with Crippen molar-refractivity contribution in [2.75, 3.05) is 26.8 Å². The van der Waals surface area contributed by atoms with Crippen LogP contribution in [0.1, 0.15) is 22.6 Å². The number of hydrogen-bond donors (Lipinski definition) is 0. The number of methoxy groups -OCH3 is 1. The Labute approximate surface area is 228 Å². The summed E-state index contributed by atoms with van der Waals surface area (Å²) in [7, 11) is 1.65. The number of fused-ring (bicyclic) bond motifs is 3. The zero-order valence-electron chi connectivity index (χ0n) is 21.7. The molecule has 0 saturated carbocycles. The number of nitrogens with zero attached hydrogens (tertiary/aromatic N) is 1. The first kappa shape index (κ1) is 24.7. The number of amides is 1. The molecule has 39 heavy (non-hydrogen) atoms. The molecule has 1 unspecified atom stereocenters. The fraction of sp³-hybridized carbons (Fsp3) is 0.176. The topological polar surface area (TPSA) is 55.8 Å². The molecule has 0 radical (unpaired) electrons. The molecule has 5 heteroatoms. The number of carbonyl (C=O) groups excluding carboxylic acids is 2. The maximum absolute atomic E-state index is 13.1. The summed E-state index contributed by atoms with van der Waals surface area (Å²) in [5.74, 6) is 0.485. The first-order chi connectivity index (χ1) is 19.1. The first-order valence-corrected chi connectivity index (χ1v) is 13.1. The summed E-state index contributed by atoms with van der Waals surface area (Å²) in [6.45, 7) is 0.969. The van der Waals surface area contributed by atoms with Crippen molar-refractivity contribution >= 4 is 18.5 Å². The average molecular weight is 516 g/mol. The molecule has 4 aromatic carbocycles. The van der Waals surface area contributed by atoms with E-state index in [9.17, 15) is 9.59 Å². The van der Waals surface area contributed by atoms with Gasteiger partial charge < -0.3 is 19.2 Å². The second-order valence-corrected chi connectivity index (χ2v) is 10.00. The van der Waals surface area contributed by atoms with Crippen LogP contribution in [0.5, 0.6) is 5.75 Å². The van der Waals surface area contributed by atoms with Gasteiger partial charge in [0, 0.05) is 19.0 Å². The van der Waals surface area contributed by atoms with E-state index in [-0.39, 0.29) is 24.5 Å². The Balaban J connectivity index is 1.13. The molecule has 1 aliphatic carbocycles. The molecule has 1 atom stereocenters. The van der Waals surface area contributed by atoms with Crippen LogP contribution in [0.3, 0.4) is 0 Å². The molecule has 1 heterocycles. The normalized spacial score (nSPS) is 17.1. The second-order valence-electron chi connectivity index (χ2n) is 10.00. The second kappa shape index (κ2) is 10.6. The van der Waals surface area contributed by atoms with Gasteiger partial charge in [-0.05, 0) is 56.6 Å². The van der Waals surface area contributed by atoms with Crippen molar-refractivity contribution in [3.63, 3.8) is 0 Å². The minimum Gasteiger partial charge on any atom is -0.497 e. The Morgan fingerprint density at radius 2 is 1.44 bits per heavy atom. The summed E-state index contributed by atoms with van der Waals surface area (Å²) >= 11 is 0. The van der Waals surface area contributed by atoms with Crippen LogP contribution in [0.2, 0.25) is 0 Å². The smallest absolute Gasteiger partial charge is 0.410 e. The molecule has 194 valence electrons. The van der Waals surface area contributed by atoms with E-state index in [1.54, 1.807) is 12.0 Å². The number of benzene rings is 4. The van der Waals surface area contributed by atoms with E-state index in [1.807, 2.05) is 66.7 Å². The van der Waals surface area contributed by atoms with Gasteiger partial charge in [-0.3, -0.25) is 0 Å². The molecule has 0 spiro atoms. The first-order valence-electron chi connectivity index (χ1n) is 13.1. The maximum atomic E-state index is 13.1. The van der Waals surface area contributed by atoms with Crippen molar-refractivity contribution < 1.29 is 19.1 Å². The highest BCUT2D eigenvalue weighted by molar-refractivity contribution is 5.79. The Morgan fingerprint density at radius 1 is 0.846 bits per heavy atom. The van der Waals surface area contributed by atoms with Crippen LogP contribution in [0, 0.1) is 5.92 Å². The van der Waals surface area contributed by atoms with Crippen molar-refractivity contribution in [2.45, 2.75) is 5.92 Å². The van der Waals surface area contributed by atoms with Gasteiger partial charge in [0.2, 0.25) is 0 Å². The van der Waals surface area contributed by atoms with Gasteiger partial charge in [-0.25, -0.2) is 4.79 Å². The molecular formula is C34H29NO4. The molecule has 0 aromatic heterocycles. The van der Waals surface area contributed by atoms with E-state index in [0.29, 0.717) is 13.1 Å². The van der Waals surface area contributed by atoms with Crippen LogP contribution >= 0.6 is 0 Å². The van der Waals surface area contributed by atoms with Gasteiger partial charge in [-0.15, -0.1) is 0 Å².